The summed E-state index contributed by atoms with van der Waals surface area (Å²) in [4.78, 5) is 50.0. The van der Waals surface area contributed by atoms with Gasteiger partial charge in [0.1, 0.15) is 6.04 Å². The molecule has 2 saturated carbocycles. The predicted octanol–water partition coefficient (Wildman–Crippen LogP) is -1.21. The average molecular weight is 330 g/mol. The summed E-state index contributed by atoms with van der Waals surface area (Å²) in [5, 5.41) is 27.3. The number of carboxylic acids is 3. The quantitative estimate of drug-likeness (QED) is 0.356. The number of aliphatic carboxylic acids is 3. The van der Waals surface area contributed by atoms with Gasteiger partial charge in [-0.1, -0.05) is 0 Å². The van der Waals surface area contributed by atoms with E-state index in [1.54, 1.807) is 0 Å². The molecule has 0 heterocycles. The van der Waals surface area contributed by atoms with E-state index in [0.717, 1.165) is 0 Å². The van der Waals surface area contributed by atoms with E-state index in [1.807, 2.05) is 0 Å². The Balaban J connectivity index is 2.00. The van der Waals surface area contributed by atoms with Crippen LogP contribution in [0.25, 0.3) is 0 Å². The van der Waals surface area contributed by atoms with Crippen molar-refractivity contribution in [3.05, 3.63) is 0 Å². The van der Waals surface area contributed by atoms with Crippen LogP contribution in [0, 0.1) is 17.3 Å². The highest BCUT2D eigenvalue weighted by Gasteiger charge is 2.58. The number of nitrogens with two attached hydrogens (primary N) is 1. The third-order valence-corrected chi connectivity index (χ3v) is 4.65. The molecule has 0 bridgehead atoms. The van der Waals surface area contributed by atoms with Gasteiger partial charge in [0.15, 0.2) is 0 Å². The Labute approximate surface area is 130 Å². The topological polar surface area (TPSA) is 176 Å². The van der Waals surface area contributed by atoms with Crippen molar-refractivity contribution >= 4 is 23.9 Å². The maximum Gasteiger partial charge on any atom is 0.342 e. The Morgan fingerprint density at radius 1 is 1.04 bits per heavy atom. The highest BCUT2D eigenvalue weighted by molar-refractivity contribution is 5.89. The number of hydrogen-bond donors (Lipinski definition) is 5. The zero-order valence-electron chi connectivity index (χ0n) is 12.1. The van der Waals surface area contributed by atoms with Crippen molar-refractivity contribution in [2.24, 2.45) is 23.0 Å². The van der Waals surface area contributed by atoms with Gasteiger partial charge in [0.25, 0.3) is 0 Å². The first-order chi connectivity index (χ1) is 10.7. The van der Waals surface area contributed by atoms with Gasteiger partial charge in [-0.05, 0) is 25.7 Å². The molecule has 0 spiro atoms. The first-order valence-corrected chi connectivity index (χ1v) is 7.11. The van der Waals surface area contributed by atoms with Crippen LogP contribution in [-0.2, 0) is 24.0 Å². The van der Waals surface area contributed by atoms with Crippen LogP contribution < -0.4 is 11.2 Å². The number of hydrogen-bond acceptors (Lipinski definition) is 7. The van der Waals surface area contributed by atoms with E-state index in [0.29, 0.717) is 0 Å². The second-order valence-corrected chi connectivity index (χ2v) is 5.97. The molecule has 10 heteroatoms. The monoisotopic (exact) mass is 330 g/mol. The molecule has 128 valence electrons. The molecule has 0 aromatic rings. The maximum absolute atomic E-state index is 11.9. The van der Waals surface area contributed by atoms with E-state index in [4.69, 9.17) is 25.9 Å². The molecule has 0 amide bonds. The SMILES string of the molecule is N[C@H](C(=O)ONC1[C@@H](C(=O)O)CC[C@H]1C(=O)O)C1(C(=O)O)CC1. The number of carbonyl (C=O) groups excluding carboxylic acids is 1. The van der Waals surface area contributed by atoms with E-state index in [-0.39, 0.29) is 25.7 Å². The van der Waals surface area contributed by atoms with Gasteiger partial charge in [0, 0.05) is 0 Å². The fraction of sp³-hybridized carbons (Fsp3) is 0.692. The first-order valence-electron chi connectivity index (χ1n) is 7.11. The summed E-state index contributed by atoms with van der Waals surface area (Å²) < 4.78 is 0. The average Bonchev–Trinajstić information content (AvgIpc) is 3.17. The Bertz CT molecular complexity index is 522. The smallest absolute Gasteiger partial charge is 0.342 e. The van der Waals surface area contributed by atoms with Crippen LogP contribution >= 0.6 is 0 Å². The van der Waals surface area contributed by atoms with Crippen LogP contribution in [0.4, 0.5) is 0 Å². The van der Waals surface area contributed by atoms with Crippen molar-refractivity contribution in [3.8, 4) is 0 Å². The summed E-state index contributed by atoms with van der Waals surface area (Å²) in [6.45, 7) is 0. The molecule has 0 saturated heterocycles. The molecule has 2 aliphatic rings. The van der Waals surface area contributed by atoms with Gasteiger partial charge in [0.05, 0.1) is 23.3 Å². The summed E-state index contributed by atoms with van der Waals surface area (Å²) in [5.41, 5.74) is 6.43. The number of nitrogens with one attached hydrogen (secondary N) is 1. The van der Waals surface area contributed by atoms with Crippen molar-refractivity contribution in [2.45, 2.75) is 37.8 Å². The van der Waals surface area contributed by atoms with E-state index in [1.165, 1.54) is 0 Å². The molecule has 2 aliphatic carbocycles. The Hall–Kier alpha value is -2.20. The molecule has 0 aromatic heterocycles. The number of carboxylic acid groups (broad SMARTS) is 3. The molecule has 2 rings (SSSR count). The molecular formula is C13H18N2O8. The van der Waals surface area contributed by atoms with Gasteiger partial charge in [-0.25, -0.2) is 4.79 Å². The van der Waals surface area contributed by atoms with E-state index >= 15 is 0 Å². The van der Waals surface area contributed by atoms with E-state index < -0.39 is 53.2 Å². The number of rotatable bonds is 7. The summed E-state index contributed by atoms with van der Waals surface area (Å²) in [6.07, 6.45) is 0.758. The summed E-state index contributed by atoms with van der Waals surface area (Å²) in [7, 11) is 0. The molecular weight excluding hydrogens is 312 g/mol. The predicted molar refractivity (Wildman–Crippen MR) is 71.8 cm³/mol. The fourth-order valence-electron chi connectivity index (χ4n) is 2.92. The van der Waals surface area contributed by atoms with E-state index in [9.17, 15) is 19.2 Å². The molecule has 10 nitrogen and oxygen atoms in total. The van der Waals surface area contributed by atoms with Gasteiger partial charge in [-0.3, -0.25) is 14.4 Å². The summed E-state index contributed by atoms with van der Waals surface area (Å²) in [5.74, 6) is -6.68. The lowest BCUT2D eigenvalue weighted by Crippen LogP contribution is -2.50. The van der Waals surface area contributed by atoms with Crippen LogP contribution in [0.5, 0.6) is 0 Å². The molecule has 1 unspecified atom stereocenters. The molecule has 23 heavy (non-hydrogen) atoms. The second kappa shape index (κ2) is 6.13. The van der Waals surface area contributed by atoms with Crippen molar-refractivity contribution in [2.75, 3.05) is 0 Å². The molecule has 0 aliphatic heterocycles. The normalized spacial score (nSPS) is 29.5. The summed E-state index contributed by atoms with van der Waals surface area (Å²) in [6, 6.07) is -2.50. The maximum atomic E-state index is 11.9. The van der Waals surface area contributed by atoms with Crippen molar-refractivity contribution in [1.82, 2.24) is 5.48 Å². The lowest BCUT2D eigenvalue weighted by Gasteiger charge is -2.23. The van der Waals surface area contributed by atoms with Crippen LogP contribution in [0.2, 0.25) is 0 Å². The summed E-state index contributed by atoms with van der Waals surface area (Å²) >= 11 is 0. The molecule has 0 radical (unpaired) electrons. The Morgan fingerprint density at radius 2 is 1.52 bits per heavy atom. The van der Waals surface area contributed by atoms with Gasteiger partial charge in [-0.15, -0.1) is 5.48 Å². The third-order valence-electron chi connectivity index (χ3n) is 4.65. The zero-order valence-corrected chi connectivity index (χ0v) is 12.1. The Morgan fingerprint density at radius 3 is 1.87 bits per heavy atom. The highest BCUT2D eigenvalue weighted by atomic mass is 16.7. The minimum Gasteiger partial charge on any atom is -0.481 e. The van der Waals surface area contributed by atoms with E-state index in [2.05, 4.69) is 5.48 Å². The minimum absolute atomic E-state index is 0.132. The second-order valence-electron chi connectivity index (χ2n) is 5.97. The molecule has 6 N–H and O–H groups in total. The lowest BCUT2D eigenvalue weighted by molar-refractivity contribution is -0.165. The lowest BCUT2D eigenvalue weighted by atomic mass is 9.97. The van der Waals surface area contributed by atoms with Gasteiger partial charge in [0.2, 0.25) is 0 Å². The standard InChI is InChI=1S/C13H18N2O8/c14-8(13(3-4-13)12(21)22)11(20)23-15-7-5(9(16)17)1-2-6(7)10(18)19/h5-8,15H,1-4,14H2,(H,16,17)(H,18,19)(H,21,22)/t5-,6+,7?,8-/m1/s1. The van der Waals surface area contributed by atoms with Crippen LogP contribution in [0.3, 0.4) is 0 Å². The first kappa shape index (κ1) is 17.2. The molecule has 4 atom stereocenters. The van der Waals surface area contributed by atoms with Crippen LogP contribution in [0.15, 0.2) is 0 Å². The van der Waals surface area contributed by atoms with Gasteiger partial charge >= 0.3 is 23.9 Å². The highest BCUT2D eigenvalue weighted by Crippen LogP contribution is 2.48. The van der Waals surface area contributed by atoms with Crippen molar-refractivity contribution in [3.63, 3.8) is 0 Å². The van der Waals surface area contributed by atoms with Crippen LogP contribution in [0.1, 0.15) is 25.7 Å². The van der Waals surface area contributed by atoms with Gasteiger partial charge < -0.3 is 25.9 Å². The Kier molecular flexibility index (Phi) is 4.57. The fourth-order valence-corrected chi connectivity index (χ4v) is 2.92. The van der Waals surface area contributed by atoms with Crippen molar-refractivity contribution < 1.29 is 39.3 Å². The zero-order chi connectivity index (χ0) is 17.4. The minimum atomic E-state index is -1.40. The largest absolute Gasteiger partial charge is 0.481 e. The number of hydroxylamine groups is 1. The molecule has 0 aromatic carbocycles. The van der Waals surface area contributed by atoms with Gasteiger partial charge in [-0.2, -0.15) is 0 Å². The van der Waals surface area contributed by atoms with Crippen molar-refractivity contribution in [1.29, 1.82) is 0 Å². The number of carbonyl (C=O) groups is 4. The third kappa shape index (κ3) is 3.13. The van der Waals surface area contributed by atoms with Crippen LogP contribution in [-0.4, -0.2) is 51.3 Å². The molecule has 2 fully saturated rings.